The predicted molar refractivity (Wildman–Crippen MR) is 162 cm³/mol. The van der Waals surface area contributed by atoms with Gasteiger partial charge in [0.25, 0.3) is 5.91 Å². The third kappa shape index (κ3) is 6.30. The maximum atomic E-state index is 14.8. The van der Waals surface area contributed by atoms with Crippen LogP contribution in [0.25, 0.3) is 22.4 Å². The second-order valence-electron chi connectivity index (χ2n) is 12.2. The lowest BCUT2D eigenvalue weighted by molar-refractivity contribution is -0.265. The Morgan fingerprint density at radius 3 is 2.36 bits per heavy atom. The Morgan fingerprint density at radius 1 is 1.04 bits per heavy atom. The van der Waals surface area contributed by atoms with Gasteiger partial charge in [0.1, 0.15) is 35.0 Å². The highest BCUT2D eigenvalue weighted by Gasteiger charge is 2.57. The maximum Gasteiger partial charge on any atom is 0.424 e. The standard InChI is InChI=1S/C34H27F7N4O5/c1-31(30(42)47)16-49-28-24(31)13-26(45-27(28)17-2-5-19(35)6-3-17)32(48,34(39,40)41)15-44-29(46)18-4-9-25(50-20-7-8-20)21(12-18)22-14-43-11-10-23(22)33(36,37)38/h2-6,9-14,20,48H,7-8,15-16H2,1H3,(H2,42,47)(H,44,46)/t31-,32-/m0/s1. The molecule has 6 rings (SSSR count). The van der Waals surface area contributed by atoms with Gasteiger partial charge in [-0.1, -0.05) is 0 Å². The van der Waals surface area contributed by atoms with Gasteiger partial charge in [0, 0.05) is 40.2 Å². The predicted octanol–water partition coefficient (Wildman–Crippen LogP) is 5.83. The molecule has 1 saturated carbocycles. The second kappa shape index (κ2) is 12.3. The van der Waals surface area contributed by atoms with Crippen LogP contribution in [0.5, 0.6) is 11.5 Å². The summed E-state index contributed by atoms with van der Waals surface area (Å²) in [7, 11) is 0. The number of carbonyl (C=O) groups excluding carboxylic acids is 2. The molecular formula is C34H27F7N4O5. The molecule has 2 amide bonds. The quantitative estimate of drug-likeness (QED) is 0.187. The normalized spacial score (nSPS) is 18.5. The number of carbonyl (C=O) groups is 2. The highest BCUT2D eigenvalue weighted by molar-refractivity contribution is 5.96. The van der Waals surface area contributed by atoms with E-state index in [1.165, 1.54) is 25.1 Å². The van der Waals surface area contributed by atoms with Crippen molar-refractivity contribution < 1.29 is 54.9 Å². The number of alkyl halides is 6. The van der Waals surface area contributed by atoms with Crippen LogP contribution in [0.4, 0.5) is 30.7 Å². The lowest BCUT2D eigenvalue weighted by atomic mass is 9.81. The van der Waals surface area contributed by atoms with Crippen LogP contribution < -0.4 is 20.5 Å². The first kappa shape index (κ1) is 34.6. The van der Waals surface area contributed by atoms with Crippen molar-refractivity contribution in [2.24, 2.45) is 5.73 Å². The topological polar surface area (TPSA) is 137 Å². The minimum atomic E-state index is -5.49. The summed E-state index contributed by atoms with van der Waals surface area (Å²) in [4.78, 5) is 33.6. The lowest BCUT2D eigenvalue weighted by Gasteiger charge is -2.31. The monoisotopic (exact) mass is 704 g/mol. The molecule has 0 radical (unpaired) electrons. The summed E-state index contributed by atoms with van der Waals surface area (Å²) in [6, 6.07) is 9.42. The fourth-order valence-corrected chi connectivity index (χ4v) is 5.46. The summed E-state index contributed by atoms with van der Waals surface area (Å²) in [5, 5.41) is 13.3. The average Bonchev–Trinajstić information content (AvgIpc) is 3.82. The van der Waals surface area contributed by atoms with Gasteiger partial charge < -0.3 is 25.6 Å². The van der Waals surface area contributed by atoms with Crippen molar-refractivity contribution in [2.75, 3.05) is 13.2 Å². The third-order valence-electron chi connectivity index (χ3n) is 8.61. The fraction of sp³-hybridized carbons (Fsp3) is 0.294. The van der Waals surface area contributed by atoms with E-state index in [0.717, 1.165) is 48.8 Å². The molecule has 1 fully saturated rings. The highest BCUT2D eigenvalue weighted by atomic mass is 19.4. The van der Waals surface area contributed by atoms with Crippen molar-refractivity contribution in [3.05, 3.63) is 95.2 Å². The summed E-state index contributed by atoms with van der Waals surface area (Å²) >= 11 is 0. The first-order chi connectivity index (χ1) is 23.4. The molecule has 0 saturated heterocycles. The lowest BCUT2D eigenvalue weighted by Crippen LogP contribution is -2.51. The van der Waals surface area contributed by atoms with Crippen molar-refractivity contribution >= 4 is 11.8 Å². The van der Waals surface area contributed by atoms with Crippen molar-refractivity contribution in [3.8, 4) is 33.9 Å². The summed E-state index contributed by atoms with van der Waals surface area (Å²) < 4.78 is 111. The van der Waals surface area contributed by atoms with Crippen molar-refractivity contribution in [1.29, 1.82) is 0 Å². The number of nitrogens with zero attached hydrogens (tertiary/aromatic N) is 2. The van der Waals surface area contributed by atoms with Gasteiger partial charge in [0.15, 0.2) is 0 Å². The van der Waals surface area contributed by atoms with Gasteiger partial charge in [-0.2, -0.15) is 26.3 Å². The van der Waals surface area contributed by atoms with Gasteiger partial charge in [-0.15, -0.1) is 0 Å². The molecule has 9 nitrogen and oxygen atoms in total. The average molecular weight is 705 g/mol. The molecular weight excluding hydrogens is 677 g/mol. The Balaban J connectivity index is 1.39. The van der Waals surface area contributed by atoms with E-state index in [4.69, 9.17) is 15.2 Å². The summed E-state index contributed by atoms with van der Waals surface area (Å²) in [5.41, 5.74) is -3.34. The zero-order chi connectivity index (χ0) is 36.2. The zero-order valence-corrected chi connectivity index (χ0v) is 26.0. The molecule has 2 aromatic heterocycles. The number of fused-ring (bicyclic) bond motifs is 1. The number of amides is 2. The van der Waals surface area contributed by atoms with Crippen LogP contribution in [-0.4, -0.2) is 52.3 Å². The van der Waals surface area contributed by atoms with Crippen molar-refractivity contribution in [3.63, 3.8) is 0 Å². The Hall–Kier alpha value is -5.25. The first-order valence-electron chi connectivity index (χ1n) is 15.1. The number of aromatic nitrogens is 2. The minimum Gasteiger partial charge on any atom is -0.490 e. The molecule has 1 aliphatic carbocycles. The van der Waals surface area contributed by atoms with Gasteiger partial charge in [0.2, 0.25) is 11.5 Å². The smallest absolute Gasteiger partial charge is 0.424 e. The first-order valence-corrected chi connectivity index (χ1v) is 15.1. The Bertz CT molecular complexity index is 1980. The molecule has 3 heterocycles. The molecule has 1 aliphatic heterocycles. The van der Waals surface area contributed by atoms with Crippen molar-refractivity contribution in [2.45, 2.75) is 49.2 Å². The molecule has 4 aromatic rings. The number of nitrogens with two attached hydrogens (primary N) is 1. The maximum absolute atomic E-state index is 14.8. The number of pyridine rings is 2. The van der Waals surface area contributed by atoms with Gasteiger partial charge in [-0.3, -0.25) is 14.6 Å². The molecule has 0 spiro atoms. The number of primary amides is 1. The minimum absolute atomic E-state index is 0.00438. The zero-order valence-electron chi connectivity index (χ0n) is 26.0. The molecule has 2 atom stereocenters. The van der Waals surface area contributed by atoms with E-state index in [1.807, 2.05) is 5.32 Å². The molecule has 2 aliphatic rings. The van der Waals surface area contributed by atoms with Crippen LogP contribution in [0.1, 0.15) is 46.9 Å². The van der Waals surface area contributed by atoms with E-state index < -0.39 is 64.4 Å². The molecule has 50 heavy (non-hydrogen) atoms. The van der Waals surface area contributed by atoms with Crippen LogP contribution in [0.3, 0.4) is 0 Å². The van der Waals surface area contributed by atoms with E-state index in [9.17, 15) is 45.4 Å². The summed E-state index contributed by atoms with van der Waals surface area (Å²) in [6.45, 7) is -0.559. The Labute approximate surface area is 279 Å². The number of ether oxygens (including phenoxy) is 2. The van der Waals surface area contributed by atoms with E-state index in [0.29, 0.717) is 12.8 Å². The van der Waals surface area contributed by atoms with E-state index in [-0.39, 0.29) is 52.2 Å². The van der Waals surface area contributed by atoms with Gasteiger partial charge in [0.05, 0.1) is 23.9 Å². The third-order valence-corrected chi connectivity index (χ3v) is 8.61. The second-order valence-corrected chi connectivity index (χ2v) is 12.2. The number of benzene rings is 2. The molecule has 0 unspecified atom stereocenters. The largest absolute Gasteiger partial charge is 0.490 e. The van der Waals surface area contributed by atoms with E-state index in [1.54, 1.807) is 0 Å². The Kier molecular flexibility index (Phi) is 8.49. The van der Waals surface area contributed by atoms with Crippen LogP contribution in [0.2, 0.25) is 0 Å². The molecule has 16 heteroatoms. The number of halogens is 7. The van der Waals surface area contributed by atoms with Crippen LogP contribution in [-0.2, 0) is 22.0 Å². The number of aliphatic hydroxyl groups is 1. The number of rotatable bonds is 9. The van der Waals surface area contributed by atoms with Crippen LogP contribution in [0, 0.1) is 5.82 Å². The highest BCUT2D eigenvalue weighted by Crippen LogP contribution is 2.48. The molecule has 4 N–H and O–H groups in total. The van der Waals surface area contributed by atoms with Crippen molar-refractivity contribution in [1.82, 2.24) is 15.3 Å². The number of hydrogen-bond donors (Lipinski definition) is 3. The van der Waals surface area contributed by atoms with Gasteiger partial charge >= 0.3 is 12.4 Å². The molecule has 0 bridgehead atoms. The SMILES string of the molecule is C[C@]1(C(N)=O)COc2c1cc([C@@](O)(CNC(=O)c1ccc(OC3CC3)c(-c3cnccc3C(F)(F)F)c1)C(F)(F)F)nc2-c1ccc(F)cc1. The fourth-order valence-electron chi connectivity index (χ4n) is 5.46. The van der Waals surface area contributed by atoms with Gasteiger partial charge in [-0.05, 0) is 74.4 Å². The molecule has 2 aromatic carbocycles. The van der Waals surface area contributed by atoms with E-state index in [2.05, 4.69) is 9.97 Å². The Morgan fingerprint density at radius 2 is 1.74 bits per heavy atom. The van der Waals surface area contributed by atoms with Gasteiger partial charge in [-0.25, -0.2) is 9.37 Å². The van der Waals surface area contributed by atoms with Crippen LogP contribution >= 0.6 is 0 Å². The van der Waals surface area contributed by atoms with E-state index >= 15 is 0 Å². The number of hydrogen-bond acceptors (Lipinski definition) is 7. The summed E-state index contributed by atoms with van der Waals surface area (Å²) in [6.07, 6.45) is -7.39. The molecule has 262 valence electrons. The summed E-state index contributed by atoms with van der Waals surface area (Å²) in [5.74, 6) is -2.90. The van der Waals surface area contributed by atoms with Crippen LogP contribution in [0.15, 0.2) is 67.0 Å². The number of nitrogens with one attached hydrogen (secondary N) is 1.